The van der Waals surface area contributed by atoms with Crippen LogP contribution < -0.4 is 0 Å². The summed E-state index contributed by atoms with van der Waals surface area (Å²) in [6.07, 6.45) is 12.0. The number of carbonyl (C=O) groups excluding carboxylic acids is 1. The van der Waals surface area contributed by atoms with Crippen LogP contribution in [0.5, 0.6) is 0 Å². The Morgan fingerprint density at radius 3 is 2.62 bits per heavy atom. The minimum Gasteiger partial charge on any atom is -0.426 e. The van der Waals surface area contributed by atoms with Crippen molar-refractivity contribution in [2.24, 2.45) is 35.0 Å². The summed E-state index contributed by atoms with van der Waals surface area (Å²) in [5, 5.41) is 0. The lowest BCUT2D eigenvalue weighted by Gasteiger charge is -2.48. The molecule has 0 unspecified atom stereocenters. The van der Waals surface area contributed by atoms with Crippen molar-refractivity contribution < 1.29 is 14.3 Å². The SMILES string of the molecule is CC[C@@H](/C=C/[C@@H](C)[C@H]1CC[C@@H]2C3=CC(=O)O[C@@]3(OC)CC[C@@]21C)C(C)C. The molecule has 2 fully saturated rings. The van der Waals surface area contributed by atoms with Gasteiger partial charge in [-0.25, -0.2) is 4.79 Å². The van der Waals surface area contributed by atoms with Crippen LogP contribution in [0.15, 0.2) is 23.8 Å². The zero-order valence-corrected chi connectivity index (χ0v) is 17.4. The van der Waals surface area contributed by atoms with Crippen molar-refractivity contribution >= 4 is 5.97 Å². The summed E-state index contributed by atoms with van der Waals surface area (Å²) in [5.41, 5.74) is 1.33. The normalized spacial score (nSPS) is 38.9. The fourth-order valence-electron chi connectivity index (χ4n) is 6.02. The molecule has 26 heavy (non-hydrogen) atoms. The van der Waals surface area contributed by atoms with Gasteiger partial charge in [0.25, 0.3) is 0 Å². The van der Waals surface area contributed by atoms with Gasteiger partial charge >= 0.3 is 5.97 Å². The number of carbonyl (C=O) groups is 1. The Balaban J connectivity index is 1.80. The molecule has 0 amide bonds. The Kier molecular flexibility index (Phi) is 5.40. The molecule has 146 valence electrons. The first-order valence-corrected chi connectivity index (χ1v) is 10.5. The zero-order chi connectivity index (χ0) is 19.1. The molecular formula is C23H36O3. The quantitative estimate of drug-likeness (QED) is 0.462. The van der Waals surface area contributed by atoms with Gasteiger partial charge in [0, 0.05) is 25.2 Å². The van der Waals surface area contributed by atoms with Gasteiger partial charge in [-0.05, 0) is 60.7 Å². The molecule has 6 atom stereocenters. The average Bonchev–Trinajstić information content (AvgIpc) is 3.11. The highest BCUT2D eigenvalue weighted by molar-refractivity contribution is 5.86. The predicted molar refractivity (Wildman–Crippen MR) is 104 cm³/mol. The highest BCUT2D eigenvalue weighted by Gasteiger charge is 2.60. The van der Waals surface area contributed by atoms with E-state index in [1.807, 2.05) is 0 Å². The number of fused-ring (bicyclic) bond motifs is 3. The van der Waals surface area contributed by atoms with Gasteiger partial charge in [-0.2, -0.15) is 0 Å². The molecule has 1 aliphatic heterocycles. The summed E-state index contributed by atoms with van der Waals surface area (Å²) in [6, 6.07) is 0. The van der Waals surface area contributed by atoms with Crippen LogP contribution in [-0.2, 0) is 14.3 Å². The second-order valence-electron chi connectivity index (χ2n) is 9.28. The smallest absolute Gasteiger partial charge is 0.333 e. The van der Waals surface area contributed by atoms with Crippen LogP contribution in [0.3, 0.4) is 0 Å². The zero-order valence-electron chi connectivity index (χ0n) is 17.4. The van der Waals surface area contributed by atoms with E-state index >= 15 is 0 Å². The van der Waals surface area contributed by atoms with E-state index < -0.39 is 5.79 Å². The maximum atomic E-state index is 12.0. The van der Waals surface area contributed by atoms with E-state index in [4.69, 9.17) is 9.47 Å². The van der Waals surface area contributed by atoms with Crippen molar-refractivity contribution in [3.63, 3.8) is 0 Å². The molecule has 2 saturated carbocycles. The van der Waals surface area contributed by atoms with Crippen molar-refractivity contribution in [1.82, 2.24) is 0 Å². The van der Waals surface area contributed by atoms with Crippen molar-refractivity contribution in [3.05, 3.63) is 23.8 Å². The van der Waals surface area contributed by atoms with E-state index in [1.54, 1.807) is 13.2 Å². The number of methoxy groups -OCH3 is 1. The lowest BCUT2D eigenvalue weighted by Crippen LogP contribution is -2.47. The summed E-state index contributed by atoms with van der Waals surface area (Å²) in [5.74, 6) is 1.96. The number of rotatable bonds is 6. The van der Waals surface area contributed by atoms with E-state index in [0.29, 0.717) is 29.6 Å². The van der Waals surface area contributed by atoms with E-state index in [-0.39, 0.29) is 11.4 Å². The van der Waals surface area contributed by atoms with E-state index in [0.717, 1.165) is 24.8 Å². The molecule has 0 bridgehead atoms. The molecule has 1 heterocycles. The number of hydrogen-bond acceptors (Lipinski definition) is 3. The Labute approximate surface area is 159 Å². The molecular weight excluding hydrogens is 324 g/mol. The molecule has 0 spiro atoms. The number of hydrogen-bond donors (Lipinski definition) is 0. The molecule has 2 aliphatic carbocycles. The van der Waals surface area contributed by atoms with Crippen LogP contribution in [0.25, 0.3) is 0 Å². The van der Waals surface area contributed by atoms with E-state index in [9.17, 15) is 4.79 Å². The monoisotopic (exact) mass is 360 g/mol. The van der Waals surface area contributed by atoms with Gasteiger partial charge in [0.1, 0.15) is 0 Å². The van der Waals surface area contributed by atoms with E-state index in [1.165, 1.54) is 12.8 Å². The third-order valence-electron chi connectivity index (χ3n) is 7.71. The highest BCUT2D eigenvalue weighted by Crippen LogP contribution is 2.63. The molecule has 3 heteroatoms. The van der Waals surface area contributed by atoms with Gasteiger partial charge in [0.15, 0.2) is 0 Å². The minimum absolute atomic E-state index is 0.227. The lowest BCUT2D eigenvalue weighted by molar-refractivity contribution is -0.208. The van der Waals surface area contributed by atoms with Gasteiger partial charge in [-0.3, -0.25) is 0 Å². The molecule has 0 aromatic carbocycles. The largest absolute Gasteiger partial charge is 0.426 e. The minimum atomic E-state index is -0.778. The molecule has 3 nitrogen and oxygen atoms in total. The second kappa shape index (κ2) is 7.14. The van der Waals surface area contributed by atoms with Crippen molar-refractivity contribution in [2.45, 2.75) is 72.5 Å². The fourth-order valence-corrected chi connectivity index (χ4v) is 6.02. The summed E-state index contributed by atoms with van der Waals surface area (Å²) in [7, 11) is 1.67. The number of allylic oxidation sites excluding steroid dienone is 2. The predicted octanol–water partition coefficient (Wildman–Crippen LogP) is 5.51. The van der Waals surface area contributed by atoms with Crippen LogP contribution in [0.4, 0.5) is 0 Å². The van der Waals surface area contributed by atoms with Crippen LogP contribution in [0, 0.1) is 35.0 Å². The molecule has 3 rings (SSSR count). The highest BCUT2D eigenvalue weighted by atomic mass is 16.7. The summed E-state index contributed by atoms with van der Waals surface area (Å²) < 4.78 is 11.3. The van der Waals surface area contributed by atoms with Gasteiger partial charge < -0.3 is 9.47 Å². The molecule has 0 aromatic heterocycles. The third-order valence-corrected chi connectivity index (χ3v) is 7.71. The Morgan fingerprint density at radius 2 is 2.00 bits per heavy atom. The number of esters is 1. The van der Waals surface area contributed by atoms with Gasteiger partial charge in [-0.15, -0.1) is 0 Å². The van der Waals surface area contributed by atoms with Gasteiger partial charge in [-0.1, -0.05) is 46.8 Å². The standard InChI is InChI=1S/C23H36O3/c1-7-17(15(2)3)9-8-16(4)18-10-11-19-20-14-21(24)26-23(20,25-6)13-12-22(18,19)5/h8-9,14-19H,7,10-13H2,1-6H3/b9-8+/t16-,17+,18-,19-,22-,23+/m1/s1. The maximum absolute atomic E-state index is 12.0. The molecule has 0 N–H and O–H groups in total. The topological polar surface area (TPSA) is 35.5 Å². The number of ether oxygens (including phenoxy) is 2. The van der Waals surface area contributed by atoms with Gasteiger partial charge in [0.2, 0.25) is 5.79 Å². The third kappa shape index (κ3) is 3.06. The van der Waals surface area contributed by atoms with Crippen molar-refractivity contribution in [3.8, 4) is 0 Å². The molecule has 0 radical (unpaired) electrons. The lowest BCUT2D eigenvalue weighted by atomic mass is 9.59. The summed E-state index contributed by atoms with van der Waals surface area (Å²) in [6.45, 7) is 11.7. The fraction of sp³-hybridized carbons (Fsp3) is 0.783. The van der Waals surface area contributed by atoms with E-state index in [2.05, 4.69) is 46.8 Å². The molecule has 0 aromatic rings. The summed E-state index contributed by atoms with van der Waals surface area (Å²) in [4.78, 5) is 12.0. The Hall–Kier alpha value is -1.09. The molecule has 0 saturated heterocycles. The summed E-state index contributed by atoms with van der Waals surface area (Å²) >= 11 is 0. The molecule has 3 aliphatic rings. The Bertz CT molecular complexity index is 605. The first kappa shape index (κ1) is 19.7. The average molecular weight is 361 g/mol. The van der Waals surface area contributed by atoms with Crippen molar-refractivity contribution in [2.75, 3.05) is 7.11 Å². The van der Waals surface area contributed by atoms with Crippen LogP contribution in [0.2, 0.25) is 0 Å². The van der Waals surface area contributed by atoms with Crippen LogP contribution in [0.1, 0.15) is 66.7 Å². The van der Waals surface area contributed by atoms with Gasteiger partial charge in [0.05, 0.1) is 0 Å². The van der Waals surface area contributed by atoms with Crippen LogP contribution >= 0.6 is 0 Å². The first-order chi connectivity index (χ1) is 12.3. The first-order valence-electron chi connectivity index (χ1n) is 10.5. The van der Waals surface area contributed by atoms with Crippen LogP contribution in [-0.4, -0.2) is 18.9 Å². The Morgan fingerprint density at radius 1 is 1.27 bits per heavy atom. The maximum Gasteiger partial charge on any atom is 0.333 e. The van der Waals surface area contributed by atoms with Crippen molar-refractivity contribution in [1.29, 1.82) is 0 Å². The second-order valence-corrected chi connectivity index (χ2v) is 9.28.